The predicted octanol–water partition coefficient (Wildman–Crippen LogP) is 2.55. The van der Waals surface area contributed by atoms with Gasteiger partial charge >= 0.3 is 0 Å². The fraction of sp³-hybridized carbons (Fsp3) is 0. The van der Waals surface area contributed by atoms with Crippen LogP contribution < -0.4 is 0 Å². The molecule has 3 aromatic rings. The van der Waals surface area contributed by atoms with Gasteiger partial charge in [-0.2, -0.15) is 0 Å². The molecule has 0 fully saturated rings. The lowest BCUT2D eigenvalue weighted by atomic mass is 10.1. The Morgan fingerprint density at radius 2 is 2.13 bits per heavy atom. The van der Waals surface area contributed by atoms with E-state index in [9.17, 15) is 0 Å². The van der Waals surface area contributed by atoms with Gasteiger partial charge in [0.1, 0.15) is 11.2 Å². The van der Waals surface area contributed by atoms with Crippen molar-refractivity contribution in [2.24, 2.45) is 0 Å². The molecule has 0 aliphatic carbocycles. The van der Waals surface area contributed by atoms with E-state index >= 15 is 0 Å². The van der Waals surface area contributed by atoms with Crippen LogP contribution in [0.1, 0.15) is 0 Å². The summed E-state index contributed by atoms with van der Waals surface area (Å²) >= 11 is 1.58. The molecule has 4 heteroatoms. The molecule has 0 aliphatic rings. The van der Waals surface area contributed by atoms with Crippen LogP contribution >= 0.6 is 11.3 Å². The molecule has 0 bridgehead atoms. The average Bonchev–Trinajstić information content (AvgIpc) is 2.82. The van der Waals surface area contributed by atoms with Gasteiger partial charge in [0.15, 0.2) is 0 Å². The van der Waals surface area contributed by atoms with Gasteiger partial charge in [-0.15, -0.1) is 21.5 Å². The fourth-order valence-electron chi connectivity index (χ4n) is 1.47. The molecule has 0 unspecified atom stereocenters. The van der Waals surface area contributed by atoms with Crippen molar-refractivity contribution in [2.75, 3.05) is 0 Å². The zero-order chi connectivity index (χ0) is 10.1. The second-order valence-corrected chi connectivity index (χ2v) is 3.94. The molecule has 0 saturated heterocycles. The number of hydrogen-bond donors (Lipinski definition) is 0. The first-order valence-corrected chi connectivity index (χ1v) is 5.36. The molecule has 0 N–H and O–H groups in total. The van der Waals surface area contributed by atoms with E-state index in [1.165, 1.54) is 0 Å². The Kier molecular flexibility index (Phi) is 1.93. The number of nitrogens with zero attached hydrogens (tertiary/aromatic N) is 3. The Hall–Kier alpha value is -1.81. The lowest BCUT2D eigenvalue weighted by Crippen LogP contribution is -1.87. The monoisotopic (exact) mass is 212 g/mol. The summed E-state index contributed by atoms with van der Waals surface area (Å²) in [6, 6.07) is 7.88. The second-order valence-electron chi connectivity index (χ2n) is 3.04. The SMILES string of the molecule is [c]1nnc2ccccc2c1-c1nccs1. The van der Waals surface area contributed by atoms with Gasteiger partial charge in [0.25, 0.3) is 0 Å². The van der Waals surface area contributed by atoms with Gasteiger partial charge in [0.05, 0.1) is 5.52 Å². The topological polar surface area (TPSA) is 38.7 Å². The minimum atomic E-state index is 0.876. The van der Waals surface area contributed by atoms with Crippen LogP contribution in [0.25, 0.3) is 21.5 Å². The van der Waals surface area contributed by atoms with Crippen molar-refractivity contribution in [3.05, 3.63) is 42.0 Å². The number of thiazole rings is 1. The summed E-state index contributed by atoms with van der Waals surface area (Å²) in [6.07, 6.45) is 4.68. The molecular weight excluding hydrogens is 206 g/mol. The van der Waals surface area contributed by atoms with Crippen LogP contribution in [-0.2, 0) is 0 Å². The Balaban J connectivity index is 2.36. The van der Waals surface area contributed by atoms with Crippen LogP contribution in [0.4, 0.5) is 0 Å². The van der Waals surface area contributed by atoms with E-state index in [-0.39, 0.29) is 0 Å². The maximum Gasteiger partial charge on any atom is 0.126 e. The predicted molar refractivity (Wildman–Crippen MR) is 59.5 cm³/mol. The molecule has 3 rings (SSSR count). The molecule has 15 heavy (non-hydrogen) atoms. The fourth-order valence-corrected chi connectivity index (χ4v) is 2.12. The highest BCUT2D eigenvalue weighted by atomic mass is 32.1. The van der Waals surface area contributed by atoms with Gasteiger partial charge in [-0.3, -0.25) is 0 Å². The smallest absolute Gasteiger partial charge is 0.126 e. The van der Waals surface area contributed by atoms with Crippen LogP contribution in [0.15, 0.2) is 35.8 Å². The molecule has 1 radical (unpaired) electrons. The minimum absolute atomic E-state index is 0.876. The van der Waals surface area contributed by atoms with E-state index in [0.717, 1.165) is 21.5 Å². The number of aromatic nitrogens is 3. The molecule has 3 nitrogen and oxygen atoms in total. The van der Waals surface area contributed by atoms with Gasteiger partial charge in [0.2, 0.25) is 0 Å². The molecule has 0 amide bonds. The molecule has 2 heterocycles. The first kappa shape index (κ1) is 8.49. The third-order valence-electron chi connectivity index (χ3n) is 2.14. The van der Waals surface area contributed by atoms with Gasteiger partial charge < -0.3 is 0 Å². The van der Waals surface area contributed by atoms with E-state index in [1.54, 1.807) is 17.5 Å². The molecule has 2 aromatic heterocycles. The molecule has 0 saturated carbocycles. The van der Waals surface area contributed by atoms with Crippen LogP contribution in [0.2, 0.25) is 0 Å². The molecule has 0 aliphatic heterocycles. The number of benzene rings is 1. The van der Waals surface area contributed by atoms with Crippen molar-refractivity contribution in [1.29, 1.82) is 0 Å². The van der Waals surface area contributed by atoms with Gasteiger partial charge in [-0.1, -0.05) is 18.2 Å². The van der Waals surface area contributed by atoms with Crippen LogP contribution in [0, 0.1) is 6.20 Å². The van der Waals surface area contributed by atoms with Crippen molar-refractivity contribution in [3.8, 4) is 10.6 Å². The van der Waals surface area contributed by atoms with Gasteiger partial charge in [0, 0.05) is 22.5 Å². The third-order valence-corrected chi connectivity index (χ3v) is 2.93. The van der Waals surface area contributed by atoms with Crippen molar-refractivity contribution in [3.63, 3.8) is 0 Å². The van der Waals surface area contributed by atoms with E-state index in [0.29, 0.717) is 0 Å². The molecule has 71 valence electrons. The largest absolute Gasteiger partial charge is 0.244 e. The maximum absolute atomic E-state index is 4.26. The zero-order valence-corrected chi connectivity index (χ0v) is 8.53. The van der Waals surface area contributed by atoms with E-state index in [1.807, 2.05) is 29.6 Å². The van der Waals surface area contributed by atoms with E-state index in [4.69, 9.17) is 0 Å². The summed E-state index contributed by atoms with van der Waals surface area (Å²) in [5.41, 5.74) is 1.80. The first-order valence-electron chi connectivity index (χ1n) is 4.48. The highest BCUT2D eigenvalue weighted by Crippen LogP contribution is 2.27. The van der Waals surface area contributed by atoms with Gasteiger partial charge in [-0.05, 0) is 6.07 Å². The number of hydrogen-bond acceptors (Lipinski definition) is 4. The van der Waals surface area contributed by atoms with Crippen molar-refractivity contribution in [2.45, 2.75) is 0 Å². The Bertz CT molecular complexity index is 584. The van der Waals surface area contributed by atoms with Crippen molar-refractivity contribution >= 4 is 22.2 Å². The third kappa shape index (κ3) is 1.39. The summed E-state index contributed by atoms with van der Waals surface area (Å²) in [5.74, 6) is 0. The summed E-state index contributed by atoms with van der Waals surface area (Å²) in [6.45, 7) is 0. The normalized spacial score (nSPS) is 10.7. The van der Waals surface area contributed by atoms with Gasteiger partial charge in [-0.25, -0.2) is 4.98 Å². The Labute approximate surface area is 90.4 Å². The lowest BCUT2D eigenvalue weighted by Gasteiger charge is -1.99. The molecule has 0 spiro atoms. The lowest BCUT2D eigenvalue weighted by molar-refractivity contribution is 1.07. The number of fused-ring (bicyclic) bond motifs is 1. The summed E-state index contributed by atoms with van der Waals surface area (Å²) < 4.78 is 0. The minimum Gasteiger partial charge on any atom is -0.244 e. The first-order chi connectivity index (χ1) is 7.45. The molecule has 1 aromatic carbocycles. The van der Waals surface area contributed by atoms with Crippen molar-refractivity contribution < 1.29 is 0 Å². The number of rotatable bonds is 1. The average molecular weight is 212 g/mol. The van der Waals surface area contributed by atoms with Crippen molar-refractivity contribution in [1.82, 2.24) is 15.2 Å². The zero-order valence-electron chi connectivity index (χ0n) is 7.71. The second kappa shape index (κ2) is 3.40. The Morgan fingerprint density at radius 1 is 1.20 bits per heavy atom. The molecule has 0 atom stereocenters. The highest BCUT2D eigenvalue weighted by molar-refractivity contribution is 7.13. The standard InChI is InChI=1S/C11H6N3S/c1-2-4-10-8(3-1)9(7-13-14-10)11-12-5-6-15-11/h1-6H. The Morgan fingerprint density at radius 3 is 3.00 bits per heavy atom. The van der Waals surface area contributed by atoms with E-state index in [2.05, 4.69) is 21.4 Å². The van der Waals surface area contributed by atoms with Crippen LogP contribution in [0.5, 0.6) is 0 Å². The van der Waals surface area contributed by atoms with E-state index < -0.39 is 0 Å². The summed E-state index contributed by atoms with van der Waals surface area (Å²) in [5, 5.41) is 11.8. The van der Waals surface area contributed by atoms with Crippen LogP contribution in [0.3, 0.4) is 0 Å². The maximum atomic E-state index is 4.26. The molecular formula is C11H6N3S. The summed E-state index contributed by atoms with van der Waals surface area (Å²) in [7, 11) is 0. The van der Waals surface area contributed by atoms with Crippen LogP contribution in [-0.4, -0.2) is 15.2 Å². The quantitative estimate of drug-likeness (QED) is 0.622. The summed E-state index contributed by atoms with van der Waals surface area (Å²) in [4.78, 5) is 4.26. The highest BCUT2D eigenvalue weighted by Gasteiger charge is 2.06.